The van der Waals surface area contributed by atoms with Gasteiger partial charge in [-0.1, -0.05) is 42.5 Å². The van der Waals surface area contributed by atoms with E-state index in [2.05, 4.69) is 6.58 Å². The maximum absolute atomic E-state index is 13.2. The largest absolute Gasteiger partial charge is 0.495 e. The van der Waals surface area contributed by atoms with E-state index in [9.17, 15) is 9.59 Å². The molecule has 1 aromatic heterocycles. The third kappa shape index (κ3) is 3.53. The number of hydrogen-bond acceptors (Lipinski definition) is 4. The molecule has 0 aliphatic heterocycles. The summed E-state index contributed by atoms with van der Waals surface area (Å²) in [6.07, 6.45) is 1.49. The third-order valence-electron chi connectivity index (χ3n) is 4.53. The van der Waals surface area contributed by atoms with Crippen LogP contribution in [0.15, 0.2) is 55.1 Å². The van der Waals surface area contributed by atoms with Crippen molar-refractivity contribution in [2.75, 3.05) is 13.7 Å². The van der Waals surface area contributed by atoms with E-state index >= 15 is 0 Å². The van der Waals surface area contributed by atoms with Crippen molar-refractivity contribution in [1.29, 1.82) is 0 Å². The van der Waals surface area contributed by atoms with Gasteiger partial charge in [-0.05, 0) is 36.8 Å². The van der Waals surface area contributed by atoms with Crippen LogP contribution in [0, 0.1) is 6.92 Å². The van der Waals surface area contributed by atoms with Gasteiger partial charge in [0.15, 0.2) is 0 Å². The van der Waals surface area contributed by atoms with Crippen LogP contribution in [0.1, 0.15) is 21.6 Å². The standard InChI is InChI=1S/C22H20ClNO4/c1-4-12-28-19(25)13-16-14(2)24(22(26)15-8-6-5-7-9-15)17-10-11-18(27-3)21(23)20(16)17/h4-11H,1,12-13H2,2-3H3. The molecule has 0 atom stereocenters. The molecule has 144 valence electrons. The second-order valence-corrected chi connectivity index (χ2v) is 6.57. The Bertz CT molecular complexity index is 1050. The summed E-state index contributed by atoms with van der Waals surface area (Å²) in [4.78, 5) is 25.4. The maximum Gasteiger partial charge on any atom is 0.310 e. The molecule has 0 aliphatic rings. The molecule has 0 N–H and O–H groups in total. The number of fused-ring (bicyclic) bond motifs is 1. The number of hydrogen-bond donors (Lipinski definition) is 0. The molecule has 28 heavy (non-hydrogen) atoms. The zero-order valence-corrected chi connectivity index (χ0v) is 16.5. The first-order chi connectivity index (χ1) is 13.5. The van der Waals surface area contributed by atoms with Crippen LogP contribution in [-0.2, 0) is 16.0 Å². The Morgan fingerprint density at radius 2 is 1.89 bits per heavy atom. The molecule has 0 radical (unpaired) electrons. The molecule has 0 unspecified atom stereocenters. The van der Waals surface area contributed by atoms with Crippen LogP contribution in [0.25, 0.3) is 10.9 Å². The number of esters is 1. The van der Waals surface area contributed by atoms with E-state index < -0.39 is 5.97 Å². The van der Waals surface area contributed by atoms with Crippen LogP contribution in [-0.4, -0.2) is 30.2 Å². The molecule has 0 fully saturated rings. The van der Waals surface area contributed by atoms with Gasteiger partial charge in [0.25, 0.3) is 5.91 Å². The van der Waals surface area contributed by atoms with Gasteiger partial charge in [-0.2, -0.15) is 0 Å². The predicted molar refractivity (Wildman–Crippen MR) is 109 cm³/mol. The highest BCUT2D eigenvalue weighted by molar-refractivity contribution is 6.37. The van der Waals surface area contributed by atoms with E-state index in [1.807, 2.05) is 6.07 Å². The topological polar surface area (TPSA) is 57.5 Å². The molecule has 1 heterocycles. The van der Waals surface area contributed by atoms with Gasteiger partial charge < -0.3 is 9.47 Å². The monoisotopic (exact) mass is 397 g/mol. The Morgan fingerprint density at radius 1 is 1.18 bits per heavy atom. The van der Waals surface area contributed by atoms with Crippen molar-refractivity contribution in [1.82, 2.24) is 4.57 Å². The second kappa shape index (κ2) is 8.31. The molecule has 0 saturated carbocycles. The molecular formula is C22H20ClNO4. The van der Waals surface area contributed by atoms with Crippen LogP contribution >= 0.6 is 11.6 Å². The first-order valence-electron chi connectivity index (χ1n) is 8.72. The first-order valence-corrected chi connectivity index (χ1v) is 9.10. The summed E-state index contributed by atoms with van der Waals surface area (Å²) in [7, 11) is 1.52. The molecule has 0 saturated heterocycles. The number of methoxy groups -OCH3 is 1. The number of carbonyl (C=O) groups is 2. The molecule has 0 bridgehead atoms. The fourth-order valence-corrected chi connectivity index (χ4v) is 3.56. The summed E-state index contributed by atoms with van der Waals surface area (Å²) in [5, 5.41) is 0.965. The molecule has 6 heteroatoms. The summed E-state index contributed by atoms with van der Waals surface area (Å²) < 4.78 is 12.0. The van der Waals surface area contributed by atoms with Gasteiger partial charge in [0, 0.05) is 16.6 Å². The van der Waals surface area contributed by atoms with Crippen molar-refractivity contribution in [3.05, 3.63) is 77.0 Å². The average molecular weight is 398 g/mol. The van der Waals surface area contributed by atoms with Crippen LogP contribution < -0.4 is 4.74 Å². The van der Waals surface area contributed by atoms with E-state index in [4.69, 9.17) is 21.1 Å². The average Bonchev–Trinajstić information content (AvgIpc) is 2.99. The summed E-state index contributed by atoms with van der Waals surface area (Å²) in [6, 6.07) is 12.4. The first kappa shape index (κ1) is 19.7. The number of carbonyl (C=O) groups excluding carboxylic acids is 2. The van der Waals surface area contributed by atoms with E-state index in [0.29, 0.717) is 38.5 Å². The molecule has 0 aliphatic carbocycles. The highest BCUT2D eigenvalue weighted by Crippen LogP contribution is 2.38. The fourth-order valence-electron chi connectivity index (χ4n) is 3.21. The smallest absolute Gasteiger partial charge is 0.310 e. The Hall–Kier alpha value is -3.05. The summed E-state index contributed by atoms with van der Waals surface area (Å²) in [5.74, 6) is -0.151. The third-order valence-corrected chi connectivity index (χ3v) is 4.90. The summed E-state index contributed by atoms with van der Waals surface area (Å²) >= 11 is 6.55. The van der Waals surface area contributed by atoms with Crippen LogP contribution in [0.4, 0.5) is 0 Å². The van der Waals surface area contributed by atoms with E-state index in [1.54, 1.807) is 47.9 Å². The fraction of sp³-hybridized carbons (Fsp3) is 0.182. The SMILES string of the molecule is C=CCOC(=O)Cc1c(C)n(C(=O)c2ccccc2)c2ccc(OC)c(Cl)c12. The van der Waals surface area contributed by atoms with Crippen molar-refractivity contribution in [3.8, 4) is 5.75 Å². The Kier molecular flexibility index (Phi) is 5.85. The van der Waals surface area contributed by atoms with Crippen molar-refractivity contribution in [2.45, 2.75) is 13.3 Å². The lowest BCUT2D eigenvalue weighted by Crippen LogP contribution is -2.14. The van der Waals surface area contributed by atoms with Gasteiger partial charge in [-0.25, -0.2) is 0 Å². The molecule has 3 aromatic rings. The van der Waals surface area contributed by atoms with Crippen molar-refractivity contribution >= 4 is 34.4 Å². The van der Waals surface area contributed by atoms with Crippen molar-refractivity contribution in [2.24, 2.45) is 0 Å². The van der Waals surface area contributed by atoms with Crippen molar-refractivity contribution < 1.29 is 19.1 Å². The van der Waals surface area contributed by atoms with Gasteiger partial charge in [-0.3, -0.25) is 14.2 Å². The number of ether oxygens (including phenoxy) is 2. The zero-order chi connectivity index (χ0) is 20.3. The number of rotatable bonds is 6. The van der Waals surface area contributed by atoms with Crippen LogP contribution in [0.2, 0.25) is 5.02 Å². The molecule has 3 rings (SSSR count). The van der Waals surface area contributed by atoms with Gasteiger partial charge in [0.05, 0.1) is 24.1 Å². The van der Waals surface area contributed by atoms with E-state index in [1.165, 1.54) is 13.2 Å². The van der Waals surface area contributed by atoms with Gasteiger partial charge in [-0.15, -0.1) is 0 Å². The Morgan fingerprint density at radius 3 is 2.54 bits per heavy atom. The highest BCUT2D eigenvalue weighted by Gasteiger charge is 2.24. The lowest BCUT2D eigenvalue weighted by atomic mass is 10.1. The minimum atomic E-state index is -0.423. The Balaban J connectivity index is 2.21. The van der Waals surface area contributed by atoms with Gasteiger partial charge >= 0.3 is 5.97 Å². The van der Waals surface area contributed by atoms with E-state index in [0.717, 1.165) is 0 Å². The Labute approximate surface area is 168 Å². The lowest BCUT2D eigenvalue weighted by Gasteiger charge is -2.08. The predicted octanol–water partition coefficient (Wildman–Crippen LogP) is 4.57. The minimum Gasteiger partial charge on any atom is -0.495 e. The molecule has 5 nitrogen and oxygen atoms in total. The zero-order valence-electron chi connectivity index (χ0n) is 15.7. The summed E-state index contributed by atoms with van der Waals surface area (Å²) in [6.45, 7) is 5.45. The number of aromatic nitrogens is 1. The molecule has 0 spiro atoms. The maximum atomic E-state index is 13.2. The highest BCUT2D eigenvalue weighted by atomic mass is 35.5. The van der Waals surface area contributed by atoms with Gasteiger partial charge in [0.1, 0.15) is 12.4 Å². The minimum absolute atomic E-state index is 0.0157. The second-order valence-electron chi connectivity index (χ2n) is 6.19. The quantitative estimate of drug-likeness (QED) is 0.451. The van der Waals surface area contributed by atoms with Gasteiger partial charge in [0.2, 0.25) is 0 Å². The number of nitrogens with zero attached hydrogens (tertiary/aromatic N) is 1. The van der Waals surface area contributed by atoms with Crippen molar-refractivity contribution in [3.63, 3.8) is 0 Å². The summed E-state index contributed by atoms with van der Waals surface area (Å²) in [5.41, 5.74) is 2.42. The molecular weight excluding hydrogens is 378 g/mol. The lowest BCUT2D eigenvalue weighted by molar-refractivity contribution is -0.141. The molecule has 0 amide bonds. The van der Waals surface area contributed by atoms with Crippen LogP contribution in [0.3, 0.4) is 0 Å². The molecule has 2 aromatic carbocycles. The number of halogens is 1. The van der Waals surface area contributed by atoms with Crippen LogP contribution in [0.5, 0.6) is 5.75 Å². The number of benzene rings is 2. The normalized spacial score (nSPS) is 10.7. The van der Waals surface area contributed by atoms with E-state index in [-0.39, 0.29) is 18.9 Å².